The summed E-state index contributed by atoms with van der Waals surface area (Å²) < 4.78 is 12.3. The SMILES string of the molecule is ClP(c1ccccc1)(c1ccccc1)(c1ccccc1)c1nc(Nc2ccccc2)oc1N1CCOCC1. The third-order valence-electron chi connectivity index (χ3n) is 7.04. The number of nitrogens with zero attached hydrogens (tertiary/aromatic N) is 2. The molecule has 2 heterocycles. The minimum atomic E-state index is -3.91. The summed E-state index contributed by atoms with van der Waals surface area (Å²) in [6.45, 7) is 2.60. The summed E-state index contributed by atoms with van der Waals surface area (Å²) >= 11 is 8.46. The molecule has 4 aromatic carbocycles. The Kier molecular flexibility index (Phi) is 6.67. The molecule has 0 amide bonds. The Labute approximate surface area is 227 Å². The van der Waals surface area contributed by atoms with Crippen molar-refractivity contribution in [1.82, 2.24) is 4.98 Å². The van der Waals surface area contributed by atoms with Crippen molar-refractivity contribution < 1.29 is 9.15 Å². The fraction of sp³-hybridized carbons (Fsp3) is 0.129. The first kappa shape index (κ1) is 24.7. The fourth-order valence-electron chi connectivity index (χ4n) is 5.19. The molecule has 5 nitrogen and oxygen atoms in total. The summed E-state index contributed by atoms with van der Waals surface area (Å²) in [6.07, 6.45) is 0. The van der Waals surface area contributed by atoms with Gasteiger partial charge in [0.2, 0.25) is 0 Å². The fourth-order valence-corrected chi connectivity index (χ4v) is 11.2. The number of hydrogen-bond acceptors (Lipinski definition) is 5. The summed E-state index contributed by atoms with van der Waals surface area (Å²) in [7, 11) is 0. The van der Waals surface area contributed by atoms with Crippen molar-refractivity contribution in [2.75, 3.05) is 36.5 Å². The molecule has 1 saturated heterocycles. The summed E-state index contributed by atoms with van der Waals surface area (Å²) in [6, 6.07) is 41.4. The van der Waals surface area contributed by atoms with Gasteiger partial charge < -0.3 is 0 Å². The van der Waals surface area contributed by atoms with Gasteiger partial charge in [0, 0.05) is 0 Å². The number of halogens is 1. The van der Waals surface area contributed by atoms with Crippen molar-refractivity contribution in [2.24, 2.45) is 0 Å². The van der Waals surface area contributed by atoms with Gasteiger partial charge in [-0.15, -0.1) is 0 Å². The number of oxazole rings is 1. The third-order valence-corrected chi connectivity index (χ3v) is 14.2. The summed E-state index contributed by atoms with van der Waals surface area (Å²) in [5.41, 5.74) is 1.63. The first-order valence-corrected chi connectivity index (χ1v) is 15.9. The molecule has 1 aromatic heterocycles. The van der Waals surface area contributed by atoms with E-state index in [0.29, 0.717) is 38.2 Å². The van der Waals surface area contributed by atoms with E-state index in [1.54, 1.807) is 0 Å². The van der Waals surface area contributed by atoms with Gasteiger partial charge in [0.25, 0.3) is 0 Å². The number of rotatable bonds is 7. The second-order valence-corrected chi connectivity index (χ2v) is 15.3. The Balaban J connectivity index is 1.70. The predicted octanol–water partition coefficient (Wildman–Crippen LogP) is 5.56. The Morgan fingerprint density at radius 1 is 0.658 bits per heavy atom. The average Bonchev–Trinajstić information content (AvgIpc) is 3.44. The van der Waals surface area contributed by atoms with Crippen LogP contribution in [0.1, 0.15) is 0 Å². The molecule has 0 aliphatic carbocycles. The van der Waals surface area contributed by atoms with Crippen molar-refractivity contribution in [2.45, 2.75) is 0 Å². The van der Waals surface area contributed by atoms with Gasteiger partial charge in [-0.1, -0.05) is 0 Å². The van der Waals surface area contributed by atoms with Crippen LogP contribution in [0.2, 0.25) is 0 Å². The maximum absolute atomic E-state index is 8.46. The second-order valence-electron chi connectivity index (χ2n) is 9.25. The van der Waals surface area contributed by atoms with E-state index < -0.39 is 5.96 Å². The van der Waals surface area contributed by atoms with Crippen LogP contribution in [0.3, 0.4) is 0 Å². The van der Waals surface area contributed by atoms with Gasteiger partial charge in [0.1, 0.15) is 0 Å². The van der Waals surface area contributed by atoms with Crippen LogP contribution in [0.25, 0.3) is 0 Å². The molecule has 0 radical (unpaired) electrons. The molecule has 0 unspecified atom stereocenters. The summed E-state index contributed by atoms with van der Waals surface area (Å²) in [5, 5.41) is 6.39. The van der Waals surface area contributed by atoms with Crippen LogP contribution >= 0.6 is 17.2 Å². The van der Waals surface area contributed by atoms with Gasteiger partial charge in [-0.05, 0) is 0 Å². The van der Waals surface area contributed by atoms with Crippen LogP contribution in [0.15, 0.2) is 126 Å². The first-order valence-electron chi connectivity index (χ1n) is 12.7. The maximum atomic E-state index is 8.46. The standard InChI is InChI=1S/C31H29ClN3O2P/c32-38(26-15-7-2-8-16-26,27-17-9-3-10-18-27,28-19-11-4-12-20-28)29-30(35-21-23-36-24-22-35)37-31(34-29)33-25-13-5-1-6-14-25/h1-20H,21-24H2,(H,33,34). The molecule has 192 valence electrons. The Hall–Kier alpha value is -3.63. The Morgan fingerprint density at radius 2 is 1.11 bits per heavy atom. The van der Waals surface area contributed by atoms with E-state index in [2.05, 4.69) is 46.6 Å². The van der Waals surface area contributed by atoms with Crippen molar-refractivity contribution >= 4 is 56.1 Å². The van der Waals surface area contributed by atoms with Crippen molar-refractivity contribution in [3.8, 4) is 0 Å². The van der Waals surface area contributed by atoms with Crippen LogP contribution in [-0.4, -0.2) is 31.3 Å². The van der Waals surface area contributed by atoms with Crippen LogP contribution in [0, 0.1) is 0 Å². The van der Waals surface area contributed by atoms with Crippen molar-refractivity contribution in [1.29, 1.82) is 0 Å². The molecular formula is C31H29ClN3O2P. The Bertz CT molecular complexity index is 1390. The predicted molar refractivity (Wildman–Crippen MR) is 160 cm³/mol. The van der Waals surface area contributed by atoms with Crippen molar-refractivity contribution in [3.05, 3.63) is 121 Å². The molecule has 1 aliphatic rings. The summed E-state index contributed by atoms with van der Waals surface area (Å²) in [4.78, 5) is 7.43. The quantitative estimate of drug-likeness (QED) is 0.273. The van der Waals surface area contributed by atoms with Gasteiger partial charge >= 0.3 is 228 Å². The molecule has 0 bridgehead atoms. The molecule has 7 heteroatoms. The number of benzene rings is 4. The molecule has 1 fully saturated rings. The van der Waals surface area contributed by atoms with Crippen LogP contribution in [-0.2, 0) is 4.74 Å². The molecule has 0 atom stereocenters. The summed E-state index contributed by atoms with van der Waals surface area (Å²) in [5.74, 6) is -3.24. The molecule has 5 aromatic rings. The number of aromatic nitrogens is 1. The van der Waals surface area contributed by atoms with E-state index >= 15 is 0 Å². The monoisotopic (exact) mass is 541 g/mol. The number of para-hydroxylation sites is 1. The van der Waals surface area contributed by atoms with E-state index in [9.17, 15) is 0 Å². The number of hydrogen-bond donors (Lipinski definition) is 1. The molecule has 0 saturated carbocycles. The van der Waals surface area contributed by atoms with Gasteiger partial charge in [-0.25, -0.2) is 0 Å². The van der Waals surface area contributed by atoms with E-state index in [4.69, 9.17) is 25.4 Å². The molecule has 0 spiro atoms. The van der Waals surface area contributed by atoms with Gasteiger partial charge in [-0.3, -0.25) is 0 Å². The minimum absolute atomic E-state index is 0.408. The molecule has 1 N–H and O–H groups in total. The molecule has 1 aliphatic heterocycles. The van der Waals surface area contributed by atoms with Gasteiger partial charge in [-0.2, -0.15) is 0 Å². The van der Waals surface area contributed by atoms with Crippen LogP contribution < -0.4 is 31.6 Å². The number of morpholine rings is 1. The third kappa shape index (κ3) is 4.08. The van der Waals surface area contributed by atoms with E-state index in [0.717, 1.165) is 27.0 Å². The normalized spacial score (nSPS) is 15.0. The zero-order valence-electron chi connectivity index (χ0n) is 20.9. The van der Waals surface area contributed by atoms with Crippen LogP contribution in [0.5, 0.6) is 0 Å². The van der Waals surface area contributed by atoms with Crippen molar-refractivity contribution in [3.63, 3.8) is 0 Å². The zero-order valence-corrected chi connectivity index (χ0v) is 22.6. The molecule has 6 rings (SSSR count). The zero-order chi connectivity index (χ0) is 25.9. The van der Waals surface area contributed by atoms with E-state index in [1.165, 1.54) is 0 Å². The first-order chi connectivity index (χ1) is 18.7. The van der Waals surface area contributed by atoms with Gasteiger partial charge in [0.15, 0.2) is 0 Å². The molecule has 38 heavy (non-hydrogen) atoms. The van der Waals surface area contributed by atoms with E-state index in [1.807, 2.05) is 84.9 Å². The molecular weight excluding hydrogens is 513 g/mol. The number of anilines is 3. The van der Waals surface area contributed by atoms with E-state index in [-0.39, 0.29) is 0 Å². The van der Waals surface area contributed by atoms with Crippen LogP contribution in [0.4, 0.5) is 17.6 Å². The average molecular weight is 542 g/mol. The second kappa shape index (κ2) is 10.3. The topological polar surface area (TPSA) is 50.5 Å². The number of ether oxygens (including phenoxy) is 1. The number of nitrogens with one attached hydrogen (secondary N) is 1. The Morgan fingerprint density at radius 3 is 1.58 bits per heavy atom. The van der Waals surface area contributed by atoms with Gasteiger partial charge in [0.05, 0.1) is 0 Å².